The van der Waals surface area contributed by atoms with Crippen LogP contribution in [0.1, 0.15) is 203 Å². The number of halogens is 4. The topological polar surface area (TPSA) is 290 Å². The van der Waals surface area contributed by atoms with Crippen molar-refractivity contribution < 1.29 is 75.8 Å². The molecule has 4 saturated heterocycles. The molecule has 4 N–H and O–H groups in total. The molecule has 14 atom stereocenters. The predicted octanol–water partition coefficient (Wildman–Crippen LogP) is 5.45. The van der Waals surface area contributed by atoms with Gasteiger partial charge in [-0.3, -0.25) is 57.5 Å². The van der Waals surface area contributed by atoms with Crippen LogP contribution in [-0.4, -0.2) is 273 Å². The molecule has 4 aliphatic heterocycles. The molecule has 3 unspecified atom stereocenters. The minimum atomic E-state index is -4.52. The molecule has 7 rings (SSSR count). The van der Waals surface area contributed by atoms with Gasteiger partial charge in [0.05, 0.1) is 25.0 Å². The molecule has 0 aromatic rings. The molecule has 0 aromatic carbocycles. The highest BCUT2D eigenvalue weighted by Gasteiger charge is 2.53. The number of hydrogen-bond acceptors (Lipinski definition) is 13. The second-order valence-corrected chi connectivity index (χ2v) is 32.1. The van der Waals surface area contributed by atoms with Gasteiger partial charge in [-0.2, -0.15) is 13.2 Å². The molecule has 3 aliphatic carbocycles. The highest BCUT2D eigenvalue weighted by Crippen LogP contribution is 2.44. The maximum Gasteiger partial charge on any atom is 0.393 e. The van der Waals surface area contributed by atoms with E-state index in [1.165, 1.54) is 78.6 Å². The zero-order valence-corrected chi connectivity index (χ0v) is 63.5. The van der Waals surface area contributed by atoms with Crippen LogP contribution in [0.25, 0.3) is 0 Å². The average Bonchev–Trinajstić information content (AvgIpc) is 0.982. The van der Waals surface area contributed by atoms with Gasteiger partial charge in [0.15, 0.2) is 0 Å². The fourth-order valence-corrected chi connectivity index (χ4v) is 17.4. The summed E-state index contributed by atoms with van der Waals surface area (Å²) in [5.74, 6) is -11.6. The number of likely N-dealkylation sites (N-methyl/N-ethyl adjacent to an activating group) is 6. The van der Waals surface area contributed by atoms with Crippen LogP contribution in [0.3, 0.4) is 0 Å². The lowest BCUT2D eigenvalue weighted by Gasteiger charge is -2.46. The van der Waals surface area contributed by atoms with Crippen LogP contribution in [0.5, 0.6) is 0 Å². The molecule has 12 amide bonds. The Labute approximate surface area is 606 Å². The van der Waals surface area contributed by atoms with Crippen LogP contribution in [0, 0.1) is 35.5 Å². The molecule has 4 heterocycles. The van der Waals surface area contributed by atoms with Gasteiger partial charge in [-0.25, -0.2) is 0 Å². The molecular weight excluding hydrogens is 1350 g/mol. The van der Waals surface area contributed by atoms with E-state index in [0.29, 0.717) is 51.6 Å². The van der Waals surface area contributed by atoms with E-state index in [-0.39, 0.29) is 101 Å². The van der Waals surface area contributed by atoms with Crippen molar-refractivity contribution in [3.05, 3.63) is 0 Å². The van der Waals surface area contributed by atoms with Crippen molar-refractivity contribution in [3.8, 4) is 0 Å². The number of rotatable bonds is 12. The number of likely N-dealkylation sites (tertiary alicyclic amines) is 1. The number of hydrogen-bond donors (Lipinski definition) is 4. The third kappa shape index (κ3) is 19.6. The summed E-state index contributed by atoms with van der Waals surface area (Å²) in [6, 6.07) is -11.7. The third-order valence-electron chi connectivity index (χ3n) is 23.5. The lowest BCUT2D eigenvalue weighted by Crippen LogP contribution is -2.67. The van der Waals surface area contributed by atoms with E-state index < -0.39 is 179 Å². The van der Waals surface area contributed by atoms with Gasteiger partial charge < -0.3 is 65.2 Å². The van der Waals surface area contributed by atoms with Crippen molar-refractivity contribution in [2.24, 2.45) is 35.5 Å². The number of aliphatic hydroxyl groups excluding tert-OH is 1. The third-order valence-corrected chi connectivity index (χ3v) is 23.9. The first kappa shape index (κ1) is 83.0. The molecule has 0 bridgehead atoms. The van der Waals surface area contributed by atoms with Crippen LogP contribution >= 0.6 is 11.6 Å². The summed E-state index contributed by atoms with van der Waals surface area (Å²) in [6.45, 7) is 12.2. The van der Waals surface area contributed by atoms with E-state index in [4.69, 9.17) is 11.6 Å². The Bertz CT molecular complexity index is 3000. The smallest absolute Gasteiger partial charge is 0.391 e. The summed E-state index contributed by atoms with van der Waals surface area (Å²) in [5.41, 5.74) is -1.58. The lowest BCUT2D eigenvalue weighted by molar-refractivity contribution is -0.182. The molecule has 7 aliphatic rings. The number of carbonyl (C=O) groups is 12. The second-order valence-electron chi connectivity index (χ2n) is 31.6. The Morgan fingerprint density at radius 3 is 1.79 bits per heavy atom. The van der Waals surface area contributed by atoms with E-state index in [0.717, 1.165) is 48.3 Å². The highest BCUT2D eigenvalue weighted by molar-refractivity contribution is 6.21. The van der Waals surface area contributed by atoms with E-state index >= 15 is 38.4 Å². The van der Waals surface area contributed by atoms with Gasteiger partial charge in [0.2, 0.25) is 70.9 Å². The monoisotopic (exact) mass is 1460 g/mol. The summed E-state index contributed by atoms with van der Waals surface area (Å²) in [5, 5.41) is 19.0. The van der Waals surface area contributed by atoms with Crippen LogP contribution in [0.15, 0.2) is 0 Å². The van der Waals surface area contributed by atoms with Gasteiger partial charge in [-0.1, -0.05) is 92.9 Å². The van der Waals surface area contributed by atoms with Crippen molar-refractivity contribution in [2.75, 3.05) is 75.0 Å². The standard InChI is InChI=1S/C73H118ClF3N12O13/c1-14-45(6)59-68(99)85(12)61(46(7)90)70(101)89-37-31-53(89)66(97)83(10)55(40-47-24-17-15-18-25-47)65(96)81(8)42-57(91)78-51(30-28-48-27-29-49(50(74)39-48)73(75,76)77)64(95)88-36-23-26-52(88)63(94)80-72(32-19-20-33-72)71(102)86(13)60(44(4)5)69(100)84(11)56(67(98)87-34-21-16-22-35-87)41-58(92)82(9)54(38-43(2)3)62(93)79-59/h43-56,59-61,90H,14-42H2,1-13H3,(H,78,91)(H,79,93)(H,80,94)/t45-,46+,48?,49?,50?,51-,52-,53-,54-,55-,56-,59-,60-,61-/m0/s1. The van der Waals surface area contributed by atoms with Gasteiger partial charge in [-0.05, 0) is 133 Å². The molecule has 576 valence electrons. The molecule has 7 fully saturated rings. The van der Waals surface area contributed by atoms with E-state index in [9.17, 15) is 37.5 Å². The van der Waals surface area contributed by atoms with Crippen LogP contribution in [-0.2, 0) is 57.5 Å². The normalized spacial score (nSPS) is 30.9. The van der Waals surface area contributed by atoms with Crippen molar-refractivity contribution >= 4 is 82.5 Å². The molecule has 102 heavy (non-hydrogen) atoms. The zero-order chi connectivity index (χ0) is 75.6. The number of aliphatic hydroxyl groups is 1. The Hall–Kier alpha value is -6.32. The Morgan fingerprint density at radius 1 is 0.598 bits per heavy atom. The largest absolute Gasteiger partial charge is 0.393 e. The predicted molar refractivity (Wildman–Crippen MR) is 376 cm³/mol. The van der Waals surface area contributed by atoms with Gasteiger partial charge in [0.1, 0.15) is 59.9 Å². The van der Waals surface area contributed by atoms with Gasteiger partial charge >= 0.3 is 6.18 Å². The highest BCUT2D eigenvalue weighted by atomic mass is 35.5. The maximum absolute atomic E-state index is 15.5. The second kappa shape index (κ2) is 36.1. The molecular formula is C73H118ClF3N12O13. The van der Waals surface area contributed by atoms with Crippen molar-refractivity contribution in [1.82, 2.24) is 60.0 Å². The van der Waals surface area contributed by atoms with E-state index in [1.807, 2.05) is 13.8 Å². The van der Waals surface area contributed by atoms with Crippen LogP contribution < -0.4 is 16.0 Å². The quantitative estimate of drug-likeness (QED) is 0.177. The first-order valence-corrected chi connectivity index (χ1v) is 38.2. The molecule has 29 heteroatoms. The number of alkyl halides is 4. The molecule has 3 saturated carbocycles. The number of nitrogens with one attached hydrogen (secondary N) is 3. The summed E-state index contributed by atoms with van der Waals surface area (Å²) in [6.07, 6.45) is 2.49. The molecule has 25 nitrogen and oxygen atoms in total. The van der Waals surface area contributed by atoms with Gasteiger partial charge in [0.25, 0.3) is 0 Å². The fourth-order valence-electron chi connectivity index (χ4n) is 16.9. The zero-order valence-electron chi connectivity index (χ0n) is 62.7. The SMILES string of the molecule is CC[C@H](C)[C@@H]1NC(=O)[C@H](CC(C)C)N(C)C(=O)C[C@@H](C(=O)N2CCCCC2)N(C)C(=O)[C@H](C(C)C)N(C)C(=O)C2(CCCC2)NC(=O)[C@@H]2CCCN2C(=O)[C@H](CCC2CCC(C(F)(F)F)C(Cl)C2)NC(=O)CN(C)C(=O)[C@H](CC2CCCCC2)N(C)C(=O)[C@@H]2CCN2C(=O)[C@H]([C@@H](C)O)N(C)C1=O. The van der Waals surface area contributed by atoms with Crippen molar-refractivity contribution in [2.45, 2.75) is 280 Å². The summed E-state index contributed by atoms with van der Waals surface area (Å²) in [7, 11) is 8.45. The average molecular weight is 1460 g/mol. The van der Waals surface area contributed by atoms with Crippen molar-refractivity contribution in [1.29, 1.82) is 0 Å². The Morgan fingerprint density at radius 2 is 1.23 bits per heavy atom. The Balaban J connectivity index is 1.29. The fraction of sp³-hybridized carbons (Fsp3) is 0.836. The lowest BCUT2D eigenvalue weighted by atomic mass is 9.78. The first-order chi connectivity index (χ1) is 48.0. The number of piperidine rings is 1. The van der Waals surface area contributed by atoms with E-state index in [1.54, 1.807) is 32.6 Å². The summed E-state index contributed by atoms with van der Waals surface area (Å²) >= 11 is 6.41. The number of nitrogens with zero attached hydrogens (tertiary/aromatic N) is 9. The Kier molecular flexibility index (Phi) is 29.4. The molecule has 0 aromatic heterocycles. The van der Waals surface area contributed by atoms with Crippen molar-refractivity contribution in [3.63, 3.8) is 0 Å². The molecule has 0 radical (unpaired) electrons. The number of amides is 12. The summed E-state index contributed by atoms with van der Waals surface area (Å²) < 4.78 is 42.1. The first-order valence-electron chi connectivity index (χ1n) is 37.7. The maximum atomic E-state index is 15.5. The van der Waals surface area contributed by atoms with Gasteiger partial charge in [-0.15, -0.1) is 11.6 Å². The number of fused-ring (bicyclic) bond motifs is 2. The van der Waals surface area contributed by atoms with Gasteiger partial charge in [0, 0.05) is 73.8 Å². The van der Waals surface area contributed by atoms with Crippen LogP contribution in [0.2, 0.25) is 0 Å². The minimum absolute atomic E-state index is 0.000556. The summed E-state index contributed by atoms with van der Waals surface area (Å²) in [4.78, 5) is 192. The number of carbonyl (C=O) groups excluding carboxylic acids is 12. The van der Waals surface area contributed by atoms with E-state index in [2.05, 4.69) is 16.0 Å². The molecule has 1 spiro atoms. The minimum Gasteiger partial charge on any atom is -0.391 e. The van der Waals surface area contributed by atoms with Crippen LogP contribution in [0.4, 0.5) is 13.2 Å².